The molecular weight excluding hydrogens is 904 g/mol. The number of fused-ring (bicyclic) bond motifs is 10. The fourth-order valence-corrected chi connectivity index (χ4v) is 14.5. The second kappa shape index (κ2) is 15.4. The molecule has 0 spiro atoms. The molecule has 7 heteroatoms. The molecule has 0 unspecified atom stereocenters. The fourth-order valence-electron chi connectivity index (χ4n) is 12.6. The molecule has 13 rings (SSSR count). The van der Waals surface area contributed by atoms with Gasteiger partial charge in [0.2, 0.25) is 11.8 Å². The van der Waals surface area contributed by atoms with E-state index in [1.54, 1.807) is 0 Å². The lowest BCUT2D eigenvalue weighted by molar-refractivity contribution is 0.589. The van der Waals surface area contributed by atoms with Crippen LogP contribution in [0.1, 0.15) is 86.1 Å². The fraction of sp³-hybridized carbons (Fsp3) is 0.219. The second-order valence-corrected chi connectivity index (χ2v) is 24.2. The number of furan rings is 2. The maximum atomic E-state index is 7.44. The average molecular weight is 961 g/mol. The van der Waals surface area contributed by atoms with Gasteiger partial charge >= 0.3 is 0 Å². The molecule has 0 saturated heterocycles. The number of hydrogen-bond acceptors (Lipinski definition) is 6. The van der Waals surface area contributed by atoms with Crippen LogP contribution in [0.5, 0.6) is 0 Å². The highest BCUT2D eigenvalue weighted by atomic mass is 32.1. The normalized spacial score (nSPS) is 13.5. The van der Waals surface area contributed by atoms with Crippen LogP contribution in [0.3, 0.4) is 0 Å². The summed E-state index contributed by atoms with van der Waals surface area (Å²) >= 11 is 3.64. The van der Waals surface area contributed by atoms with Crippen molar-refractivity contribution in [3.8, 4) is 22.3 Å². The van der Waals surface area contributed by atoms with Crippen molar-refractivity contribution in [1.82, 2.24) is 0 Å². The van der Waals surface area contributed by atoms with Crippen LogP contribution in [-0.4, -0.2) is 6.71 Å². The Morgan fingerprint density at radius 3 is 1.28 bits per heavy atom. The summed E-state index contributed by atoms with van der Waals surface area (Å²) in [5, 5.41) is 9.57. The molecule has 2 aliphatic rings. The lowest BCUT2D eigenvalue weighted by Gasteiger charge is -2.42. The summed E-state index contributed by atoms with van der Waals surface area (Å²) in [6.45, 7) is 27.4. The molecule has 4 aromatic heterocycles. The van der Waals surface area contributed by atoms with Crippen LogP contribution in [0.4, 0.5) is 34.5 Å². The molecule has 6 heterocycles. The van der Waals surface area contributed by atoms with E-state index in [1.807, 2.05) is 22.7 Å². The number of rotatable bonds is 4. The van der Waals surface area contributed by atoms with Crippen molar-refractivity contribution in [1.29, 1.82) is 0 Å². The zero-order valence-corrected chi connectivity index (χ0v) is 44.4. The summed E-state index contributed by atoms with van der Waals surface area (Å²) in [7, 11) is 0. The average Bonchev–Trinajstić information content (AvgIpc) is 4.13. The summed E-state index contributed by atoms with van der Waals surface area (Å²) in [6, 6.07) is 43.1. The van der Waals surface area contributed by atoms with Gasteiger partial charge in [0.1, 0.15) is 11.2 Å². The van der Waals surface area contributed by atoms with E-state index in [-0.39, 0.29) is 17.5 Å². The number of aryl methyl sites for hydroxylation is 4. The molecule has 0 N–H and O–H groups in total. The second-order valence-electron chi connectivity index (χ2n) is 22.4. The minimum absolute atomic E-state index is 0.0808. The number of benzene rings is 7. The molecule has 7 aromatic carbocycles. The van der Waals surface area contributed by atoms with Crippen molar-refractivity contribution in [3.05, 3.63) is 171 Å². The summed E-state index contributed by atoms with van der Waals surface area (Å²) in [5.41, 5.74) is 24.9. The van der Waals surface area contributed by atoms with E-state index in [2.05, 4.69) is 219 Å². The molecule has 0 bridgehead atoms. The molecule has 350 valence electrons. The van der Waals surface area contributed by atoms with Crippen LogP contribution in [0.15, 0.2) is 135 Å². The highest BCUT2D eigenvalue weighted by Crippen LogP contribution is 2.53. The smallest absolute Gasteiger partial charge is 0.262 e. The van der Waals surface area contributed by atoms with Crippen LogP contribution in [0.2, 0.25) is 0 Å². The Kier molecular flexibility index (Phi) is 9.55. The molecule has 0 aliphatic carbocycles. The molecule has 4 nitrogen and oxygen atoms in total. The summed E-state index contributed by atoms with van der Waals surface area (Å²) in [6.07, 6.45) is 0. The van der Waals surface area contributed by atoms with Gasteiger partial charge in [-0.15, -0.1) is 22.7 Å². The SMILES string of the molecule is Cc1cc(C)c(N2c3cccc4c3B(c3c2oc2ccc(C(C)(C)C)cc32)c2c(oc3ccc(C(C)(C)C)cc23)N4c2c(C)cc(C)c(-c3csc4ccccc34)c2C)c(C)c1-c1csc2ccccc12. The van der Waals surface area contributed by atoms with Crippen molar-refractivity contribution < 1.29 is 8.83 Å². The molecule has 0 saturated carbocycles. The number of anilines is 6. The van der Waals surface area contributed by atoms with Crippen molar-refractivity contribution >= 4 is 122 Å². The lowest BCUT2D eigenvalue weighted by atomic mass is 9.33. The summed E-state index contributed by atoms with van der Waals surface area (Å²) < 4.78 is 17.5. The Hall–Kier alpha value is -6.80. The van der Waals surface area contributed by atoms with E-state index < -0.39 is 0 Å². The van der Waals surface area contributed by atoms with E-state index in [4.69, 9.17) is 8.83 Å². The van der Waals surface area contributed by atoms with E-state index >= 15 is 0 Å². The lowest BCUT2D eigenvalue weighted by Crippen LogP contribution is -2.61. The first-order chi connectivity index (χ1) is 34.0. The minimum Gasteiger partial charge on any atom is -0.440 e. The first-order valence-electron chi connectivity index (χ1n) is 25.0. The van der Waals surface area contributed by atoms with Crippen LogP contribution >= 0.6 is 22.7 Å². The van der Waals surface area contributed by atoms with Gasteiger partial charge in [0.15, 0.2) is 0 Å². The number of nitrogens with zero attached hydrogens (tertiary/aromatic N) is 2. The largest absolute Gasteiger partial charge is 0.440 e. The van der Waals surface area contributed by atoms with Crippen molar-refractivity contribution in [2.75, 3.05) is 9.80 Å². The van der Waals surface area contributed by atoms with Gasteiger partial charge in [-0.3, -0.25) is 9.80 Å². The van der Waals surface area contributed by atoms with Crippen LogP contribution in [0, 0.1) is 41.5 Å². The highest BCUT2D eigenvalue weighted by Gasteiger charge is 2.50. The third-order valence-electron chi connectivity index (χ3n) is 15.8. The third kappa shape index (κ3) is 6.34. The van der Waals surface area contributed by atoms with Crippen LogP contribution in [0.25, 0.3) is 64.4 Å². The van der Waals surface area contributed by atoms with Gasteiger partial charge in [0.25, 0.3) is 6.71 Å². The summed E-state index contributed by atoms with van der Waals surface area (Å²) in [4.78, 5) is 4.99. The summed E-state index contributed by atoms with van der Waals surface area (Å²) in [5.74, 6) is 1.74. The Bertz CT molecular complexity index is 3810. The van der Waals surface area contributed by atoms with E-state index in [0.717, 1.165) is 56.5 Å². The van der Waals surface area contributed by atoms with Crippen molar-refractivity contribution in [2.45, 2.75) is 93.9 Å². The molecule has 2 aliphatic heterocycles. The number of thiophene rings is 2. The van der Waals surface area contributed by atoms with Crippen molar-refractivity contribution in [2.24, 2.45) is 0 Å². The molecule has 0 radical (unpaired) electrons. The molecule has 0 atom stereocenters. The predicted octanol–water partition coefficient (Wildman–Crippen LogP) is 17.5. The zero-order valence-electron chi connectivity index (χ0n) is 42.7. The van der Waals surface area contributed by atoms with Gasteiger partial charge in [-0.05, 0) is 173 Å². The molecule has 0 fully saturated rings. The van der Waals surface area contributed by atoms with E-state index in [1.165, 1.54) is 103 Å². The Morgan fingerprint density at radius 2 is 0.859 bits per heavy atom. The Balaban J connectivity index is 1.17. The monoisotopic (exact) mass is 960 g/mol. The third-order valence-corrected chi connectivity index (χ3v) is 17.7. The first-order valence-corrected chi connectivity index (χ1v) is 26.8. The van der Waals surface area contributed by atoms with Crippen LogP contribution in [-0.2, 0) is 10.8 Å². The quantitative estimate of drug-likeness (QED) is 0.165. The predicted molar refractivity (Wildman–Crippen MR) is 307 cm³/mol. The van der Waals surface area contributed by atoms with Gasteiger partial charge in [-0.1, -0.05) is 108 Å². The molecule has 0 amide bonds. The zero-order chi connectivity index (χ0) is 49.2. The molecule has 11 aromatic rings. The topological polar surface area (TPSA) is 32.8 Å². The van der Waals surface area contributed by atoms with Gasteiger partial charge in [0, 0.05) is 64.4 Å². The minimum atomic E-state index is -0.204. The maximum Gasteiger partial charge on any atom is 0.262 e. The molecular formula is C64H57BN2O2S2. The Morgan fingerprint density at radius 1 is 0.437 bits per heavy atom. The number of hydrogen-bond donors (Lipinski definition) is 0. The van der Waals surface area contributed by atoms with Gasteiger partial charge in [-0.25, -0.2) is 0 Å². The molecule has 71 heavy (non-hydrogen) atoms. The maximum absolute atomic E-state index is 7.44. The first kappa shape index (κ1) is 44.2. The van der Waals surface area contributed by atoms with Gasteiger partial charge in [-0.2, -0.15) is 0 Å². The van der Waals surface area contributed by atoms with Crippen LogP contribution < -0.4 is 26.2 Å². The van der Waals surface area contributed by atoms with E-state index in [0.29, 0.717) is 0 Å². The van der Waals surface area contributed by atoms with E-state index in [9.17, 15) is 0 Å². The highest BCUT2D eigenvalue weighted by molar-refractivity contribution is 7.18. The van der Waals surface area contributed by atoms with Gasteiger partial charge < -0.3 is 8.83 Å². The van der Waals surface area contributed by atoms with Crippen molar-refractivity contribution in [3.63, 3.8) is 0 Å². The Labute approximate surface area is 425 Å². The van der Waals surface area contributed by atoms with Gasteiger partial charge in [0.05, 0.1) is 11.4 Å². The standard InChI is InChI=1S/C64H57BN2O2S2/c1-34-28-36(3)59(38(5)54(34)46-32-70-52-22-15-13-18-42(46)52)66-48-20-17-21-49-58(48)65(56-44-30-40(63(7,8)9)24-26-50(44)68-61(56)66)57-45-31-41(64(10,11)12)25-27-51(45)69-62(57)67(49)60-37(4)29-35(2)55(39(60)6)47-33-71-53-23-16-14-19-43(47)53/h13-33H,1-12H3.